The van der Waals surface area contributed by atoms with Gasteiger partial charge in [0.25, 0.3) is 0 Å². The van der Waals surface area contributed by atoms with Gasteiger partial charge in [-0.1, -0.05) is 0 Å². The lowest BCUT2D eigenvalue weighted by Gasteiger charge is -2.01. The quantitative estimate of drug-likeness (QED) is 0.682. The summed E-state index contributed by atoms with van der Waals surface area (Å²) in [6.07, 6.45) is 4.96. The molecule has 1 aliphatic rings. The standard InChI is InChI=1S/C11H13N5O2/c12-10-9-11(14-4-13-10)16(5-15-9)2-6-1-7(6)8(18)3-17/h2,4-5,7-8,17-18H,1,3H2,(H2,12,13,14)/b6-2-/t7-,8+/m1/s1. The van der Waals surface area contributed by atoms with Gasteiger partial charge in [0, 0.05) is 12.1 Å². The van der Waals surface area contributed by atoms with E-state index in [1.54, 1.807) is 10.9 Å². The number of nitrogens with zero attached hydrogens (tertiary/aromatic N) is 4. The Morgan fingerprint density at radius 3 is 3.11 bits per heavy atom. The molecule has 94 valence electrons. The van der Waals surface area contributed by atoms with Crippen LogP contribution in [0.15, 0.2) is 18.2 Å². The molecule has 0 aliphatic heterocycles. The van der Waals surface area contributed by atoms with Crippen molar-refractivity contribution >= 4 is 23.2 Å². The van der Waals surface area contributed by atoms with Crippen LogP contribution in [0.2, 0.25) is 0 Å². The van der Waals surface area contributed by atoms with Crippen LogP contribution in [0.25, 0.3) is 17.4 Å². The van der Waals surface area contributed by atoms with Crippen molar-refractivity contribution in [3.05, 3.63) is 18.2 Å². The fraction of sp³-hybridized carbons (Fsp3) is 0.364. The van der Waals surface area contributed by atoms with E-state index in [-0.39, 0.29) is 12.5 Å². The molecule has 2 aromatic rings. The fourth-order valence-electron chi connectivity index (χ4n) is 2.00. The fourth-order valence-corrected chi connectivity index (χ4v) is 2.00. The number of anilines is 1. The summed E-state index contributed by atoms with van der Waals surface area (Å²) >= 11 is 0. The van der Waals surface area contributed by atoms with E-state index in [1.165, 1.54) is 6.33 Å². The molecule has 0 spiro atoms. The molecule has 1 saturated carbocycles. The second kappa shape index (κ2) is 4.04. The third kappa shape index (κ3) is 1.73. The molecular formula is C11H13N5O2. The second-order valence-corrected chi connectivity index (χ2v) is 4.35. The Morgan fingerprint density at radius 1 is 1.50 bits per heavy atom. The number of hydrogen-bond acceptors (Lipinski definition) is 6. The van der Waals surface area contributed by atoms with Gasteiger partial charge in [-0.3, -0.25) is 4.57 Å². The first kappa shape index (κ1) is 11.1. The van der Waals surface area contributed by atoms with Crippen molar-refractivity contribution in [3.63, 3.8) is 0 Å². The zero-order valence-electron chi connectivity index (χ0n) is 9.56. The number of rotatable bonds is 3. The van der Waals surface area contributed by atoms with E-state index in [9.17, 15) is 5.11 Å². The highest BCUT2D eigenvalue weighted by Crippen LogP contribution is 2.41. The van der Waals surface area contributed by atoms with Crippen molar-refractivity contribution in [2.45, 2.75) is 12.5 Å². The van der Waals surface area contributed by atoms with Gasteiger partial charge in [-0.05, 0) is 12.0 Å². The van der Waals surface area contributed by atoms with Gasteiger partial charge < -0.3 is 15.9 Å². The molecule has 0 radical (unpaired) electrons. The Bertz CT molecular complexity index is 621. The summed E-state index contributed by atoms with van der Waals surface area (Å²) < 4.78 is 1.76. The zero-order chi connectivity index (χ0) is 12.7. The molecule has 0 amide bonds. The largest absolute Gasteiger partial charge is 0.394 e. The van der Waals surface area contributed by atoms with Crippen LogP contribution in [-0.2, 0) is 0 Å². The molecular weight excluding hydrogens is 234 g/mol. The molecule has 7 nitrogen and oxygen atoms in total. The van der Waals surface area contributed by atoms with Crippen LogP contribution < -0.4 is 5.73 Å². The minimum absolute atomic E-state index is 0.0339. The summed E-state index contributed by atoms with van der Waals surface area (Å²) in [6, 6.07) is 0. The number of nitrogen functional groups attached to an aromatic ring is 1. The number of aromatic nitrogens is 4. The van der Waals surface area contributed by atoms with Gasteiger partial charge in [0.1, 0.15) is 12.7 Å². The Kier molecular flexibility index (Phi) is 2.49. The molecule has 1 fully saturated rings. The number of aliphatic hydroxyl groups is 2. The highest BCUT2D eigenvalue weighted by molar-refractivity contribution is 5.82. The highest BCUT2D eigenvalue weighted by atomic mass is 16.3. The van der Waals surface area contributed by atoms with Gasteiger partial charge >= 0.3 is 0 Å². The number of imidazole rings is 1. The molecule has 7 heteroatoms. The maximum atomic E-state index is 9.49. The van der Waals surface area contributed by atoms with E-state index < -0.39 is 6.10 Å². The maximum Gasteiger partial charge on any atom is 0.169 e. The van der Waals surface area contributed by atoms with Crippen molar-refractivity contribution in [2.24, 2.45) is 5.92 Å². The van der Waals surface area contributed by atoms with Gasteiger partial charge in [0.2, 0.25) is 0 Å². The third-order valence-electron chi connectivity index (χ3n) is 3.12. The maximum absolute atomic E-state index is 9.49. The molecule has 1 aliphatic carbocycles. The van der Waals surface area contributed by atoms with Crippen molar-refractivity contribution in [2.75, 3.05) is 12.3 Å². The summed E-state index contributed by atoms with van der Waals surface area (Å²) in [5.74, 6) is 0.381. The molecule has 2 atom stereocenters. The Hall–Kier alpha value is -1.99. The lowest BCUT2D eigenvalue weighted by Crippen LogP contribution is -2.14. The monoisotopic (exact) mass is 247 g/mol. The summed E-state index contributed by atoms with van der Waals surface area (Å²) in [6.45, 7) is -0.220. The van der Waals surface area contributed by atoms with E-state index >= 15 is 0 Å². The first-order valence-electron chi connectivity index (χ1n) is 5.63. The van der Waals surface area contributed by atoms with Crippen LogP contribution in [0, 0.1) is 5.92 Å². The summed E-state index contributed by atoms with van der Waals surface area (Å²) in [4.78, 5) is 12.1. The van der Waals surface area contributed by atoms with E-state index in [2.05, 4.69) is 15.0 Å². The van der Waals surface area contributed by atoms with Gasteiger partial charge in [0.05, 0.1) is 12.7 Å². The minimum atomic E-state index is -0.689. The Morgan fingerprint density at radius 2 is 2.33 bits per heavy atom. The average molecular weight is 247 g/mol. The lowest BCUT2D eigenvalue weighted by atomic mass is 10.2. The van der Waals surface area contributed by atoms with Gasteiger partial charge in [-0.2, -0.15) is 0 Å². The van der Waals surface area contributed by atoms with Crippen molar-refractivity contribution < 1.29 is 10.2 Å². The molecule has 18 heavy (non-hydrogen) atoms. The molecule has 4 N–H and O–H groups in total. The average Bonchev–Trinajstić information content (AvgIpc) is 3.02. The van der Waals surface area contributed by atoms with Crippen molar-refractivity contribution in [1.29, 1.82) is 0 Å². The van der Waals surface area contributed by atoms with Gasteiger partial charge in [-0.25, -0.2) is 15.0 Å². The van der Waals surface area contributed by atoms with Crippen LogP contribution >= 0.6 is 0 Å². The van der Waals surface area contributed by atoms with Crippen LogP contribution in [0.5, 0.6) is 0 Å². The van der Waals surface area contributed by atoms with Gasteiger partial charge in [-0.15, -0.1) is 0 Å². The predicted octanol–water partition coefficient (Wildman–Crippen LogP) is -0.378. The van der Waals surface area contributed by atoms with E-state index in [0.29, 0.717) is 17.0 Å². The van der Waals surface area contributed by atoms with E-state index in [0.717, 1.165) is 12.0 Å². The Balaban J connectivity index is 1.93. The Labute approximate surface area is 103 Å². The smallest absolute Gasteiger partial charge is 0.169 e. The first-order chi connectivity index (χ1) is 8.70. The van der Waals surface area contributed by atoms with Crippen LogP contribution in [0.4, 0.5) is 5.82 Å². The number of aliphatic hydroxyl groups excluding tert-OH is 2. The number of hydrogen-bond donors (Lipinski definition) is 3. The molecule has 0 bridgehead atoms. The normalized spacial score (nSPS) is 22.6. The van der Waals surface area contributed by atoms with Gasteiger partial charge in [0.15, 0.2) is 17.0 Å². The van der Waals surface area contributed by atoms with Crippen LogP contribution in [0.3, 0.4) is 0 Å². The summed E-state index contributed by atoms with van der Waals surface area (Å²) in [7, 11) is 0. The zero-order valence-corrected chi connectivity index (χ0v) is 9.56. The highest BCUT2D eigenvalue weighted by Gasteiger charge is 2.36. The topological polar surface area (TPSA) is 110 Å². The summed E-state index contributed by atoms with van der Waals surface area (Å²) in [5, 5.41) is 18.4. The van der Waals surface area contributed by atoms with E-state index in [4.69, 9.17) is 10.8 Å². The summed E-state index contributed by atoms with van der Waals surface area (Å²) in [5.41, 5.74) is 7.96. The second-order valence-electron chi connectivity index (χ2n) is 4.35. The molecule has 2 aromatic heterocycles. The number of nitrogens with two attached hydrogens (primary N) is 1. The van der Waals surface area contributed by atoms with Crippen LogP contribution in [-0.4, -0.2) is 42.4 Å². The predicted molar refractivity (Wildman–Crippen MR) is 65.2 cm³/mol. The lowest BCUT2D eigenvalue weighted by molar-refractivity contribution is 0.0815. The molecule has 2 heterocycles. The number of fused-ring (bicyclic) bond motifs is 1. The van der Waals surface area contributed by atoms with Crippen molar-refractivity contribution in [3.8, 4) is 0 Å². The SMILES string of the molecule is Nc1ncnc2c1ncn2/C=C1/C[C@H]1[C@@H](O)CO. The van der Waals surface area contributed by atoms with Crippen LogP contribution in [0.1, 0.15) is 6.42 Å². The molecule has 0 saturated heterocycles. The van der Waals surface area contributed by atoms with Crippen molar-refractivity contribution in [1.82, 2.24) is 19.5 Å². The third-order valence-corrected chi connectivity index (χ3v) is 3.12. The first-order valence-corrected chi connectivity index (χ1v) is 5.63. The minimum Gasteiger partial charge on any atom is -0.394 e. The molecule has 3 rings (SSSR count). The molecule has 0 unspecified atom stereocenters. The molecule has 0 aromatic carbocycles. The van der Waals surface area contributed by atoms with E-state index in [1.807, 2.05) is 6.20 Å².